The second-order valence-electron chi connectivity index (χ2n) is 7.97. The molecule has 0 heterocycles. The number of hydrogen-bond donors (Lipinski definition) is 3. The normalized spacial score (nSPS) is 19.4. The van der Waals surface area contributed by atoms with Gasteiger partial charge in [0.2, 0.25) is 10.0 Å². The zero-order valence-electron chi connectivity index (χ0n) is 15.1. The highest BCUT2D eigenvalue weighted by molar-refractivity contribution is 7.88. The number of sulfonamides is 1. The Morgan fingerprint density at radius 2 is 1.73 bits per heavy atom. The summed E-state index contributed by atoms with van der Waals surface area (Å²) in [5.41, 5.74) is 0.178. The molecule has 0 aromatic rings. The van der Waals surface area contributed by atoms with E-state index in [4.69, 9.17) is 0 Å². The highest BCUT2D eigenvalue weighted by Gasteiger charge is 2.29. The lowest BCUT2D eigenvalue weighted by molar-refractivity contribution is 0.194. The zero-order chi connectivity index (χ0) is 17.0. The van der Waals surface area contributed by atoms with Gasteiger partial charge in [0, 0.05) is 31.2 Å². The Morgan fingerprint density at radius 1 is 1.14 bits per heavy atom. The molecule has 132 valence electrons. The summed E-state index contributed by atoms with van der Waals surface area (Å²) < 4.78 is 25.3. The molecule has 5 nitrogen and oxygen atoms in total. The third-order valence-electron chi connectivity index (χ3n) is 4.41. The van der Waals surface area contributed by atoms with Gasteiger partial charge in [0.1, 0.15) is 0 Å². The monoisotopic (exact) mass is 333 g/mol. The summed E-state index contributed by atoms with van der Waals surface area (Å²) in [4.78, 5) is 0. The number of hydrogen-bond acceptors (Lipinski definition) is 4. The fraction of sp³-hybridized carbons (Fsp3) is 1.00. The highest BCUT2D eigenvalue weighted by atomic mass is 32.2. The van der Waals surface area contributed by atoms with E-state index in [0.717, 1.165) is 13.0 Å². The van der Waals surface area contributed by atoms with E-state index in [1.165, 1.54) is 19.1 Å². The molecule has 6 heteroatoms. The third-order valence-corrected chi connectivity index (χ3v) is 5.11. The minimum atomic E-state index is -3.15. The molecule has 0 aliphatic heterocycles. The van der Waals surface area contributed by atoms with E-state index < -0.39 is 10.0 Å². The average molecular weight is 334 g/mol. The first-order chi connectivity index (χ1) is 9.99. The first-order valence-electron chi connectivity index (χ1n) is 8.43. The topological polar surface area (TPSA) is 70.2 Å². The van der Waals surface area contributed by atoms with Gasteiger partial charge in [-0.15, -0.1) is 0 Å². The van der Waals surface area contributed by atoms with Crippen molar-refractivity contribution in [2.24, 2.45) is 11.3 Å². The fourth-order valence-corrected chi connectivity index (χ4v) is 3.35. The van der Waals surface area contributed by atoms with Gasteiger partial charge in [-0.2, -0.15) is 0 Å². The summed E-state index contributed by atoms with van der Waals surface area (Å²) >= 11 is 0. The Balaban J connectivity index is 2.56. The minimum Gasteiger partial charge on any atom is -0.312 e. The minimum absolute atomic E-state index is 0.108. The van der Waals surface area contributed by atoms with E-state index in [-0.39, 0.29) is 11.5 Å². The van der Waals surface area contributed by atoms with Crippen molar-refractivity contribution >= 4 is 10.0 Å². The summed E-state index contributed by atoms with van der Waals surface area (Å²) in [6, 6.07) is 1.06. The second kappa shape index (κ2) is 8.08. The summed E-state index contributed by atoms with van der Waals surface area (Å²) in [5.74, 6) is 0.649. The molecular weight excluding hydrogens is 298 g/mol. The van der Waals surface area contributed by atoms with E-state index in [2.05, 4.69) is 50.0 Å². The van der Waals surface area contributed by atoms with Crippen molar-refractivity contribution in [3.63, 3.8) is 0 Å². The molecule has 0 amide bonds. The standard InChI is InChI=1S/C16H35N3O2S/c1-12(2)9-16(4,5)13(3)19-15(10-17-14-7-8-14)11-18-22(6,20)21/h12-15,17-19H,7-11H2,1-6H3. The van der Waals surface area contributed by atoms with Gasteiger partial charge in [0.15, 0.2) is 0 Å². The predicted molar refractivity (Wildman–Crippen MR) is 93.5 cm³/mol. The summed E-state index contributed by atoms with van der Waals surface area (Å²) in [6.45, 7) is 12.5. The van der Waals surface area contributed by atoms with Crippen LogP contribution in [0.25, 0.3) is 0 Å². The quantitative estimate of drug-likeness (QED) is 0.538. The number of nitrogens with one attached hydrogen (secondary N) is 3. The lowest BCUT2D eigenvalue weighted by Gasteiger charge is -2.37. The smallest absolute Gasteiger partial charge is 0.208 e. The Bertz CT molecular complexity index is 431. The van der Waals surface area contributed by atoms with Crippen LogP contribution in [-0.2, 0) is 10.0 Å². The van der Waals surface area contributed by atoms with Gasteiger partial charge in [-0.1, -0.05) is 27.7 Å². The summed E-state index contributed by atoms with van der Waals surface area (Å²) in [6.07, 6.45) is 4.83. The van der Waals surface area contributed by atoms with Gasteiger partial charge in [0.25, 0.3) is 0 Å². The molecule has 1 rings (SSSR count). The first kappa shape index (κ1) is 19.9. The molecule has 2 unspecified atom stereocenters. The van der Waals surface area contributed by atoms with Crippen molar-refractivity contribution in [3.05, 3.63) is 0 Å². The Hall–Kier alpha value is -0.170. The van der Waals surface area contributed by atoms with Gasteiger partial charge in [0.05, 0.1) is 6.26 Å². The summed E-state index contributed by atoms with van der Waals surface area (Å²) in [7, 11) is -3.15. The van der Waals surface area contributed by atoms with Gasteiger partial charge in [-0.05, 0) is 37.5 Å². The van der Waals surface area contributed by atoms with Crippen LogP contribution in [0.5, 0.6) is 0 Å². The largest absolute Gasteiger partial charge is 0.312 e. The molecule has 2 atom stereocenters. The van der Waals surface area contributed by atoms with Crippen LogP contribution in [0.4, 0.5) is 0 Å². The van der Waals surface area contributed by atoms with Gasteiger partial charge < -0.3 is 10.6 Å². The van der Waals surface area contributed by atoms with E-state index in [0.29, 0.717) is 24.5 Å². The van der Waals surface area contributed by atoms with Gasteiger partial charge in [-0.3, -0.25) is 0 Å². The van der Waals surface area contributed by atoms with E-state index in [9.17, 15) is 8.42 Å². The van der Waals surface area contributed by atoms with Crippen molar-refractivity contribution in [1.82, 2.24) is 15.4 Å². The Labute approximate surface area is 137 Å². The van der Waals surface area contributed by atoms with Crippen molar-refractivity contribution in [1.29, 1.82) is 0 Å². The van der Waals surface area contributed by atoms with Crippen LogP contribution in [0.3, 0.4) is 0 Å². The van der Waals surface area contributed by atoms with Crippen LogP contribution in [-0.4, -0.2) is 45.9 Å². The molecule has 0 aromatic heterocycles. The van der Waals surface area contributed by atoms with Gasteiger partial charge >= 0.3 is 0 Å². The molecule has 22 heavy (non-hydrogen) atoms. The lowest BCUT2D eigenvalue weighted by atomic mass is 9.78. The molecule has 1 saturated carbocycles. The van der Waals surface area contributed by atoms with E-state index in [1.807, 2.05) is 0 Å². The maximum atomic E-state index is 11.4. The fourth-order valence-electron chi connectivity index (χ4n) is 2.85. The lowest BCUT2D eigenvalue weighted by Crippen LogP contribution is -2.53. The molecule has 1 fully saturated rings. The predicted octanol–water partition coefficient (Wildman–Crippen LogP) is 1.71. The Morgan fingerprint density at radius 3 is 2.18 bits per heavy atom. The van der Waals surface area contributed by atoms with E-state index in [1.54, 1.807) is 0 Å². The van der Waals surface area contributed by atoms with Crippen LogP contribution in [0.1, 0.15) is 53.9 Å². The molecule has 0 bridgehead atoms. The SMILES string of the molecule is CC(C)CC(C)(C)C(C)NC(CNC1CC1)CNS(C)(=O)=O. The maximum Gasteiger partial charge on any atom is 0.208 e. The first-order valence-corrected chi connectivity index (χ1v) is 10.3. The molecule has 3 N–H and O–H groups in total. The van der Waals surface area contributed by atoms with Crippen LogP contribution >= 0.6 is 0 Å². The van der Waals surface area contributed by atoms with E-state index >= 15 is 0 Å². The highest BCUT2D eigenvalue weighted by Crippen LogP contribution is 2.29. The second-order valence-corrected chi connectivity index (χ2v) is 9.81. The van der Waals surface area contributed by atoms with Crippen molar-refractivity contribution in [3.8, 4) is 0 Å². The van der Waals surface area contributed by atoms with Crippen LogP contribution in [0.15, 0.2) is 0 Å². The van der Waals surface area contributed by atoms with Gasteiger partial charge in [-0.25, -0.2) is 13.1 Å². The molecule has 0 aromatic carbocycles. The van der Waals surface area contributed by atoms with Crippen LogP contribution in [0.2, 0.25) is 0 Å². The number of rotatable bonds is 11. The molecule has 1 aliphatic carbocycles. The molecule has 1 aliphatic rings. The Kier molecular flexibility index (Phi) is 7.30. The summed E-state index contributed by atoms with van der Waals surface area (Å²) in [5, 5.41) is 7.12. The van der Waals surface area contributed by atoms with Crippen molar-refractivity contribution in [2.75, 3.05) is 19.3 Å². The zero-order valence-corrected chi connectivity index (χ0v) is 15.9. The van der Waals surface area contributed by atoms with Crippen LogP contribution < -0.4 is 15.4 Å². The molecule has 0 saturated heterocycles. The van der Waals surface area contributed by atoms with Crippen molar-refractivity contribution < 1.29 is 8.42 Å². The molecule has 0 radical (unpaired) electrons. The van der Waals surface area contributed by atoms with Crippen LogP contribution in [0, 0.1) is 11.3 Å². The molecular formula is C16H35N3O2S. The average Bonchev–Trinajstić information content (AvgIpc) is 3.13. The van der Waals surface area contributed by atoms with Crippen molar-refractivity contribution in [2.45, 2.75) is 72.0 Å². The maximum absolute atomic E-state index is 11.4. The third kappa shape index (κ3) is 8.46. The molecule has 0 spiro atoms.